The molecule has 0 unspecified atom stereocenters. The van der Waals surface area contributed by atoms with Gasteiger partial charge in [0.2, 0.25) is 0 Å². The van der Waals surface area contributed by atoms with Gasteiger partial charge in [-0.05, 0) is 32.6 Å². The van der Waals surface area contributed by atoms with Crippen molar-refractivity contribution in [3.63, 3.8) is 0 Å². The van der Waals surface area contributed by atoms with E-state index in [4.69, 9.17) is 4.74 Å². The van der Waals surface area contributed by atoms with Crippen molar-refractivity contribution in [1.29, 1.82) is 0 Å². The number of fused-ring (bicyclic) bond motifs is 1. The number of nitrogens with zero attached hydrogens (tertiary/aromatic N) is 2. The van der Waals surface area contributed by atoms with Gasteiger partial charge in [-0.1, -0.05) is 0 Å². The molecule has 1 aliphatic rings. The third kappa shape index (κ3) is 5.24. The fourth-order valence-electron chi connectivity index (χ4n) is 2.42. The number of rotatable bonds is 7. The van der Waals surface area contributed by atoms with E-state index in [0.29, 0.717) is 13.2 Å². The summed E-state index contributed by atoms with van der Waals surface area (Å²) in [5.41, 5.74) is 2.39. The number of anilines is 1. The molecular weight excluding hydrogens is 290 g/mol. The van der Waals surface area contributed by atoms with Crippen LogP contribution in [0.15, 0.2) is 0 Å². The van der Waals surface area contributed by atoms with Crippen molar-refractivity contribution in [2.24, 2.45) is 0 Å². The zero-order valence-electron chi connectivity index (χ0n) is 12.7. The van der Waals surface area contributed by atoms with Gasteiger partial charge in [-0.15, -0.1) is 0 Å². The zero-order valence-corrected chi connectivity index (χ0v) is 13.5. The molecule has 0 radical (unpaired) electrons. The van der Waals surface area contributed by atoms with Gasteiger partial charge in [0.05, 0.1) is 19.0 Å². The van der Waals surface area contributed by atoms with Gasteiger partial charge in [0, 0.05) is 24.1 Å². The highest BCUT2D eigenvalue weighted by Crippen LogP contribution is 2.25. The lowest BCUT2D eigenvalue weighted by Gasteiger charge is -2.19. The lowest BCUT2D eigenvalue weighted by atomic mass is 9.96. The topological polar surface area (TPSA) is 81.2 Å². The number of hydrogen-bond acceptors (Lipinski definition) is 6. The number of aryl methyl sites for hydroxylation is 2. The molecule has 0 fully saturated rings. The van der Waals surface area contributed by atoms with Crippen LogP contribution >= 0.6 is 0 Å². The molecule has 118 valence electrons. The molecule has 1 N–H and O–H groups in total. The fraction of sp³-hybridized carbons (Fsp3) is 0.714. The molecule has 1 aromatic heterocycles. The van der Waals surface area contributed by atoms with Crippen LogP contribution < -0.4 is 5.32 Å². The summed E-state index contributed by atoms with van der Waals surface area (Å²) in [6.07, 6.45) is 5.63. The largest absolute Gasteiger partial charge is 0.379 e. The van der Waals surface area contributed by atoms with E-state index in [2.05, 4.69) is 15.3 Å². The van der Waals surface area contributed by atoms with E-state index in [-0.39, 0.29) is 12.4 Å². The maximum atomic E-state index is 11.0. The minimum atomic E-state index is -2.95. The van der Waals surface area contributed by atoms with Crippen molar-refractivity contribution in [2.45, 2.75) is 32.6 Å². The zero-order chi connectivity index (χ0) is 15.3. The lowest BCUT2D eigenvalue weighted by molar-refractivity contribution is 0.159. The predicted molar refractivity (Wildman–Crippen MR) is 82.4 cm³/mol. The van der Waals surface area contributed by atoms with Crippen LogP contribution in [0.4, 0.5) is 5.82 Å². The van der Waals surface area contributed by atoms with E-state index in [9.17, 15) is 8.42 Å². The van der Waals surface area contributed by atoms with Crippen molar-refractivity contribution < 1.29 is 13.2 Å². The van der Waals surface area contributed by atoms with Crippen LogP contribution in [0.25, 0.3) is 0 Å². The molecule has 21 heavy (non-hydrogen) atoms. The molecule has 2 rings (SSSR count). The van der Waals surface area contributed by atoms with Gasteiger partial charge in [-0.3, -0.25) is 0 Å². The Morgan fingerprint density at radius 1 is 1.19 bits per heavy atom. The number of hydrogen-bond donors (Lipinski definition) is 1. The Kier molecular flexibility index (Phi) is 5.52. The second-order valence-electron chi connectivity index (χ2n) is 5.42. The van der Waals surface area contributed by atoms with Crippen LogP contribution in [0.2, 0.25) is 0 Å². The Bertz CT molecular complexity index is 587. The summed E-state index contributed by atoms with van der Waals surface area (Å²) in [5, 5.41) is 3.29. The fourth-order valence-corrected chi connectivity index (χ4v) is 2.84. The summed E-state index contributed by atoms with van der Waals surface area (Å²) in [6.45, 7) is 3.23. The van der Waals surface area contributed by atoms with E-state index < -0.39 is 9.84 Å². The predicted octanol–water partition coefficient (Wildman–Crippen LogP) is 1.14. The minimum Gasteiger partial charge on any atom is -0.379 e. The minimum absolute atomic E-state index is 0.0645. The Labute approximate surface area is 126 Å². The van der Waals surface area contributed by atoms with Gasteiger partial charge >= 0.3 is 0 Å². The van der Waals surface area contributed by atoms with Crippen molar-refractivity contribution in [1.82, 2.24) is 9.97 Å². The smallest absolute Gasteiger partial charge is 0.149 e. The first kappa shape index (κ1) is 16.2. The Hall–Kier alpha value is -1.21. The van der Waals surface area contributed by atoms with Gasteiger partial charge < -0.3 is 10.1 Å². The molecule has 7 heteroatoms. The van der Waals surface area contributed by atoms with Crippen LogP contribution in [0, 0.1) is 6.92 Å². The standard InChI is InChI=1S/C14H23N3O3S/c1-11-16-13-6-4-3-5-12(13)14(17-11)15-7-8-20-9-10-21(2,18)19/h3-10H2,1-2H3,(H,15,16,17). The summed E-state index contributed by atoms with van der Waals surface area (Å²) in [7, 11) is -2.95. The Morgan fingerprint density at radius 3 is 2.71 bits per heavy atom. The summed E-state index contributed by atoms with van der Waals surface area (Å²) < 4.78 is 27.3. The normalized spacial score (nSPS) is 14.8. The first-order valence-electron chi connectivity index (χ1n) is 7.31. The van der Waals surface area contributed by atoms with Crippen molar-refractivity contribution in [3.05, 3.63) is 17.1 Å². The van der Waals surface area contributed by atoms with Gasteiger partial charge in [0.25, 0.3) is 0 Å². The van der Waals surface area contributed by atoms with Gasteiger partial charge in [0.1, 0.15) is 21.5 Å². The van der Waals surface area contributed by atoms with Crippen molar-refractivity contribution >= 4 is 15.7 Å². The van der Waals surface area contributed by atoms with E-state index in [1.54, 1.807) is 0 Å². The molecule has 0 aromatic carbocycles. The number of sulfone groups is 1. The first-order chi connectivity index (χ1) is 9.96. The molecular formula is C14H23N3O3S. The highest BCUT2D eigenvalue weighted by Gasteiger charge is 2.16. The van der Waals surface area contributed by atoms with E-state index >= 15 is 0 Å². The third-order valence-electron chi connectivity index (χ3n) is 3.43. The molecule has 1 aliphatic carbocycles. The molecule has 6 nitrogen and oxygen atoms in total. The number of ether oxygens (including phenoxy) is 1. The van der Waals surface area contributed by atoms with E-state index in [0.717, 1.165) is 30.2 Å². The second kappa shape index (κ2) is 7.17. The molecule has 0 spiro atoms. The van der Waals surface area contributed by atoms with Crippen LogP contribution in [-0.4, -0.2) is 50.2 Å². The van der Waals surface area contributed by atoms with Crippen molar-refractivity contribution in [2.75, 3.05) is 37.1 Å². The summed E-state index contributed by atoms with van der Waals surface area (Å²) >= 11 is 0. The van der Waals surface area contributed by atoms with Crippen molar-refractivity contribution in [3.8, 4) is 0 Å². The van der Waals surface area contributed by atoms with Gasteiger partial charge in [0.15, 0.2) is 0 Å². The average Bonchev–Trinajstić information content (AvgIpc) is 2.41. The molecule has 0 saturated carbocycles. The SMILES string of the molecule is Cc1nc2c(c(NCCOCCS(C)(=O)=O)n1)CCCC2. The second-order valence-corrected chi connectivity index (χ2v) is 7.68. The monoisotopic (exact) mass is 313 g/mol. The molecule has 0 aliphatic heterocycles. The van der Waals surface area contributed by atoms with Crippen LogP contribution in [0.1, 0.15) is 29.9 Å². The maximum Gasteiger partial charge on any atom is 0.149 e. The highest BCUT2D eigenvalue weighted by molar-refractivity contribution is 7.90. The molecule has 0 atom stereocenters. The number of aromatic nitrogens is 2. The summed E-state index contributed by atoms with van der Waals surface area (Å²) in [6, 6.07) is 0. The summed E-state index contributed by atoms with van der Waals surface area (Å²) in [5.74, 6) is 1.76. The lowest BCUT2D eigenvalue weighted by Crippen LogP contribution is -2.18. The third-order valence-corrected chi connectivity index (χ3v) is 4.34. The molecule has 0 saturated heterocycles. The Morgan fingerprint density at radius 2 is 1.95 bits per heavy atom. The van der Waals surface area contributed by atoms with Crippen LogP contribution in [0.3, 0.4) is 0 Å². The average molecular weight is 313 g/mol. The molecule has 0 amide bonds. The van der Waals surface area contributed by atoms with Crippen LogP contribution in [-0.2, 0) is 27.4 Å². The molecule has 1 heterocycles. The number of nitrogens with one attached hydrogen (secondary N) is 1. The van der Waals surface area contributed by atoms with Gasteiger partial charge in [-0.25, -0.2) is 18.4 Å². The Balaban J connectivity index is 1.82. The quantitative estimate of drug-likeness (QED) is 0.760. The molecule has 1 aromatic rings. The van der Waals surface area contributed by atoms with E-state index in [1.165, 1.54) is 24.7 Å². The summed E-state index contributed by atoms with van der Waals surface area (Å²) in [4.78, 5) is 8.98. The molecule has 0 bridgehead atoms. The maximum absolute atomic E-state index is 11.0. The van der Waals surface area contributed by atoms with Crippen LogP contribution in [0.5, 0.6) is 0 Å². The van der Waals surface area contributed by atoms with Gasteiger partial charge in [-0.2, -0.15) is 0 Å². The van der Waals surface area contributed by atoms with E-state index in [1.807, 2.05) is 6.92 Å². The first-order valence-corrected chi connectivity index (χ1v) is 9.37. The highest BCUT2D eigenvalue weighted by atomic mass is 32.2.